The first kappa shape index (κ1) is 10.7. The number of benzene rings is 1. The SMILES string of the molecule is CSc1ccc(N)c(OP(C)C)c1. The molecule has 0 radical (unpaired) electrons. The van der Waals surface area contributed by atoms with Gasteiger partial charge in [0.2, 0.25) is 0 Å². The number of nitrogens with two attached hydrogens (primary N) is 1. The topological polar surface area (TPSA) is 35.2 Å². The Balaban J connectivity index is 2.90. The molecule has 2 N–H and O–H groups in total. The molecular formula is C9H14NOPS. The molecule has 72 valence electrons. The molecule has 0 spiro atoms. The second kappa shape index (κ2) is 4.73. The summed E-state index contributed by atoms with van der Waals surface area (Å²) in [7, 11) is -0.400. The van der Waals surface area contributed by atoms with Crippen molar-refractivity contribution in [3.63, 3.8) is 0 Å². The van der Waals surface area contributed by atoms with Gasteiger partial charge in [-0.25, -0.2) is 0 Å². The van der Waals surface area contributed by atoms with Crippen LogP contribution < -0.4 is 10.3 Å². The summed E-state index contributed by atoms with van der Waals surface area (Å²) in [5, 5.41) is 0. The quantitative estimate of drug-likeness (QED) is 0.478. The van der Waals surface area contributed by atoms with Crippen molar-refractivity contribution in [2.45, 2.75) is 4.90 Å². The molecule has 0 bridgehead atoms. The van der Waals surface area contributed by atoms with E-state index in [0.29, 0.717) is 5.69 Å². The van der Waals surface area contributed by atoms with E-state index in [2.05, 4.69) is 13.3 Å². The predicted molar refractivity (Wildman–Crippen MR) is 62.0 cm³/mol. The van der Waals surface area contributed by atoms with Crippen LogP contribution in [0.4, 0.5) is 5.69 Å². The van der Waals surface area contributed by atoms with Crippen molar-refractivity contribution in [3.8, 4) is 5.75 Å². The van der Waals surface area contributed by atoms with E-state index >= 15 is 0 Å². The van der Waals surface area contributed by atoms with Crippen molar-refractivity contribution >= 4 is 25.6 Å². The standard InChI is InChI=1S/C9H14NOPS/c1-12(2)11-9-6-7(13-3)4-5-8(9)10/h4-6H,10H2,1-3H3. The molecule has 0 unspecified atom stereocenters. The largest absolute Gasteiger partial charge is 0.472 e. The Morgan fingerprint density at radius 2 is 2.08 bits per heavy atom. The van der Waals surface area contributed by atoms with E-state index < -0.39 is 8.15 Å². The van der Waals surface area contributed by atoms with E-state index in [1.807, 2.05) is 24.5 Å². The fourth-order valence-electron chi connectivity index (χ4n) is 0.917. The maximum atomic E-state index is 5.77. The summed E-state index contributed by atoms with van der Waals surface area (Å²) >= 11 is 1.69. The van der Waals surface area contributed by atoms with Crippen molar-refractivity contribution in [1.82, 2.24) is 0 Å². The lowest BCUT2D eigenvalue weighted by Gasteiger charge is -2.12. The molecule has 0 saturated carbocycles. The second-order valence-corrected chi connectivity index (χ2v) is 5.49. The Bertz CT molecular complexity index is 291. The average molecular weight is 215 g/mol. The van der Waals surface area contributed by atoms with Gasteiger partial charge in [-0.2, -0.15) is 0 Å². The highest BCUT2D eigenvalue weighted by Crippen LogP contribution is 2.35. The van der Waals surface area contributed by atoms with Crippen LogP contribution in [0.5, 0.6) is 5.75 Å². The smallest absolute Gasteiger partial charge is 0.147 e. The molecule has 0 aliphatic heterocycles. The van der Waals surface area contributed by atoms with Crippen LogP contribution in [-0.4, -0.2) is 19.6 Å². The van der Waals surface area contributed by atoms with E-state index in [0.717, 1.165) is 5.75 Å². The monoisotopic (exact) mass is 215 g/mol. The van der Waals surface area contributed by atoms with E-state index in [4.69, 9.17) is 10.3 Å². The van der Waals surface area contributed by atoms with Crippen LogP contribution in [0.2, 0.25) is 0 Å². The number of hydrogen-bond acceptors (Lipinski definition) is 3. The third-order valence-electron chi connectivity index (χ3n) is 1.50. The van der Waals surface area contributed by atoms with Gasteiger partial charge in [-0.15, -0.1) is 11.8 Å². The molecule has 0 heterocycles. The van der Waals surface area contributed by atoms with Gasteiger partial charge in [0.15, 0.2) is 0 Å². The Kier molecular flexibility index (Phi) is 3.89. The fraction of sp³-hybridized carbons (Fsp3) is 0.333. The van der Waals surface area contributed by atoms with Gasteiger partial charge in [0, 0.05) is 4.90 Å². The Hall–Kier alpha value is -0.400. The molecule has 1 rings (SSSR count). The van der Waals surface area contributed by atoms with E-state index in [1.165, 1.54) is 4.90 Å². The van der Waals surface area contributed by atoms with Crippen LogP contribution in [0.3, 0.4) is 0 Å². The van der Waals surface area contributed by atoms with Crippen molar-refractivity contribution in [2.24, 2.45) is 0 Å². The number of thioether (sulfide) groups is 1. The molecule has 0 fully saturated rings. The van der Waals surface area contributed by atoms with Crippen LogP contribution in [0, 0.1) is 0 Å². The van der Waals surface area contributed by atoms with Crippen molar-refractivity contribution in [3.05, 3.63) is 18.2 Å². The summed E-state index contributed by atoms with van der Waals surface area (Å²) in [5.41, 5.74) is 6.49. The summed E-state index contributed by atoms with van der Waals surface area (Å²) in [6.07, 6.45) is 2.04. The summed E-state index contributed by atoms with van der Waals surface area (Å²) in [6.45, 7) is 4.11. The molecule has 0 aromatic heterocycles. The molecule has 13 heavy (non-hydrogen) atoms. The minimum absolute atomic E-state index is 0.400. The van der Waals surface area contributed by atoms with Crippen molar-refractivity contribution in [2.75, 3.05) is 25.3 Å². The maximum absolute atomic E-state index is 5.77. The van der Waals surface area contributed by atoms with Gasteiger partial charge >= 0.3 is 0 Å². The normalized spacial score (nSPS) is 10.5. The highest BCUT2D eigenvalue weighted by atomic mass is 32.2. The molecule has 0 aliphatic carbocycles. The minimum atomic E-state index is -0.400. The molecule has 0 aliphatic rings. The zero-order chi connectivity index (χ0) is 9.84. The summed E-state index contributed by atoms with van der Waals surface area (Å²) in [4.78, 5) is 1.18. The highest BCUT2D eigenvalue weighted by Gasteiger charge is 2.03. The fourth-order valence-corrected chi connectivity index (χ4v) is 1.90. The van der Waals surface area contributed by atoms with Gasteiger partial charge in [0.1, 0.15) is 5.75 Å². The van der Waals surface area contributed by atoms with Gasteiger partial charge in [0.25, 0.3) is 0 Å². The molecule has 1 aromatic carbocycles. The molecule has 0 amide bonds. The predicted octanol–water partition coefficient (Wildman–Crippen LogP) is 3.03. The molecular weight excluding hydrogens is 201 g/mol. The van der Waals surface area contributed by atoms with Crippen LogP contribution in [0.25, 0.3) is 0 Å². The number of rotatable bonds is 3. The Morgan fingerprint density at radius 1 is 1.38 bits per heavy atom. The maximum Gasteiger partial charge on any atom is 0.147 e. The lowest BCUT2D eigenvalue weighted by Crippen LogP contribution is -1.92. The van der Waals surface area contributed by atoms with E-state index in [-0.39, 0.29) is 0 Å². The zero-order valence-corrected chi connectivity index (χ0v) is 9.78. The van der Waals surface area contributed by atoms with Crippen molar-refractivity contribution < 1.29 is 4.52 Å². The van der Waals surface area contributed by atoms with Gasteiger partial charge < -0.3 is 10.3 Å². The molecule has 0 saturated heterocycles. The van der Waals surface area contributed by atoms with Gasteiger partial charge in [-0.05, 0) is 37.8 Å². The van der Waals surface area contributed by atoms with Crippen LogP contribution >= 0.6 is 19.9 Å². The first-order valence-electron chi connectivity index (χ1n) is 3.92. The van der Waals surface area contributed by atoms with Crippen LogP contribution in [0.1, 0.15) is 0 Å². The second-order valence-electron chi connectivity index (χ2n) is 2.81. The summed E-state index contributed by atoms with van der Waals surface area (Å²) < 4.78 is 5.61. The molecule has 2 nitrogen and oxygen atoms in total. The van der Waals surface area contributed by atoms with Gasteiger partial charge in [0.05, 0.1) is 13.8 Å². The Labute approximate surface area is 84.7 Å². The molecule has 1 aromatic rings. The third-order valence-corrected chi connectivity index (χ3v) is 2.79. The van der Waals surface area contributed by atoms with Gasteiger partial charge in [-0.1, -0.05) is 0 Å². The zero-order valence-electron chi connectivity index (χ0n) is 8.07. The lowest BCUT2D eigenvalue weighted by molar-refractivity contribution is 0.624. The summed E-state index contributed by atoms with van der Waals surface area (Å²) in [5.74, 6) is 0.808. The molecule has 0 atom stereocenters. The Morgan fingerprint density at radius 3 is 2.62 bits per heavy atom. The lowest BCUT2D eigenvalue weighted by atomic mass is 10.3. The summed E-state index contributed by atoms with van der Waals surface area (Å²) in [6, 6.07) is 5.88. The van der Waals surface area contributed by atoms with Crippen molar-refractivity contribution in [1.29, 1.82) is 0 Å². The van der Waals surface area contributed by atoms with Gasteiger partial charge in [-0.3, -0.25) is 0 Å². The van der Waals surface area contributed by atoms with E-state index in [1.54, 1.807) is 11.8 Å². The number of nitrogen functional groups attached to an aromatic ring is 1. The minimum Gasteiger partial charge on any atom is -0.472 e. The number of hydrogen-bond donors (Lipinski definition) is 1. The highest BCUT2D eigenvalue weighted by molar-refractivity contribution is 7.98. The van der Waals surface area contributed by atoms with Crippen LogP contribution in [-0.2, 0) is 0 Å². The van der Waals surface area contributed by atoms with Crippen LogP contribution in [0.15, 0.2) is 23.1 Å². The van der Waals surface area contributed by atoms with E-state index in [9.17, 15) is 0 Å². The third kappa shape index (κ3) is 3.09. The first-order chi connectivity index (χ1) is 6.13. The molecule has 4 heteroatoms. The first-order valence-corrected chi connectivity index (χ1v) is 7.30. The average Bonchev–Trinajstić information content (AvgIpc) is 2.08. The number of anilines is 1.